The van der Waals surface area contributed by atoms with Crippen molar-refractivity contribution in [3.8, 4) is 0 Å². The lowest BCUT2D eigenvalue weighted by molar-refractivity contribution is -0.112. The quantitative estimate of drug-likeness (QED) is 0.661. The highest BCUT2D eigenvalue weighted by atomic mass is 32.1. The molecule has 2 N–H and O–H groups in total. The van der Waals surface area contributed by atoms with Gasteiger partial charge in [-0.3, -0.25) is 4.79 Å². The van der Waals surface area contributed by atoms with E-state index in [1.54, 1.807) is 0 Å². The summed E-state index contributed by atoms with van der Waals surface area (Å²) in [4.78, 5) is 25.5. The van der Waals surface area contributed by atoms with Crippen molar-refractivity contribution in [1.82, 2.24) is 5.32 Å². The van der Waals surface area contributed by atoms with Crippen LogP contribution in [-0.2, 0) is 22.4 Å². The SMILES string of the molecule is COC(=O)c1c(NC(=O)C(C)=C2CNC2)sc2c1CCC2. The van der Waals surface area contributed by atoms with Gasteiger partial charge in [0.05, 0.1) is 12.7 Å². The van der Waals surface area contributed by atoms with E-state index >= 15 is 0 Å². The first-order valence-corrected chi connectivity index (χ1v) is 7.87. The maximum absolute atomic E-state index is 12.3. The number of hydrogen-bond donors (Lipinski definition) is 2. The molecule has 0 bridgehead atoms. The summed E-state index contributed by atoms with van der Waals surface area (Å²) in [5, 5.41) is 6.65. The molecule has 1 fully saturated rings. The smallest absolute Gasteiger partial charge is 0.341 e. The van der Waals surface area contributed by atoms with Crippen molar-refractivity contribution < 1.29 is 14.3 Å². The molecule has 1 saturated heterocycles. The van der Waals surface area contributed by atoms with Gasteiger partial charge in [-0.25, -0.2) is 4.79 Å². The van der Waals surface area contributed by atoms with Crippen molar-refractivity contribution in [1.29, 1.82) is 0 Å². The highest BCUT2D eigenvalue weighted by molar-refractivity contribution is 7.17. The number of rotatable bonds is 3. The van der Waals surface area contributed by atoms with Gasteiger partial charge in [0, 0.05) is 23.5 Å². The van der Waals surface area contributed by atoms with Crippen LogP contribution in [0.15, 0.2) is 11.1 Å². The average molecular weight is 306 g/mol. The second kappa shape index (κ2) is 5.61. The Bertz CT molecular complexity index is 640. The molecule has 0 aromatic carbocycles. The van der Waals surface area contributed by atoms with E-state index in [1.807, 2.05) is 6.92 Å². The fraction of sp³-hybridized carbons (Fsp3) is 0.467. The molecule has 21 heavy (non-hydrogen) atoms. The summed E-state index contributed by atoms with van der Waals surface area (Å²) in [6, 6.07) is 0. The lowest BCUT2D eigenvalue weighted by Gasteiger charge is -2.21. The van der Waals surface area contributed by atoms with Crippen LogP contribution >= 0.6 is 11.3 Å². The summed E-state index contributed by atoms with van der Waals surface area (Å²) in [7, 11) is 1.38. The maximum Gasteiger partial charge on any atom is 0.341 e. The number of amides is 1. The number of aryl methyl sites for hydroxylation is 1. The first kappa shape index (κ1) is 14.3. The summed E-state index contributed by atoms with van der Waals surface area (Å²) in [5.41, 5.74) is 3.46. The predicted octanol–water partition coefficient (Wildman–Crippen LogP) is 1.88. The zero-order valence-corrected chi connectivity index (χ0v) is 13.0. The number of carbonyl (C=O) groups is 2. The Labute approximate surface area is 127 Å². The van der Waals surface area contributed by atoms with Crippen LogP contribution in [0.4, 0.5) is 5.00 Å². The second-order valence-electron chi connectivity index (χ2n) is 5.34. The van der Waals surface area contributed by atoms with Crippen molar-refractivity contribution in [2.45, 2.75) is 26.2 Å². The third kappa shape index (κ3) is 2.49. The summed E-state index contributed by atoms with van der Waals surface area (Å²) >= 11 is 1.50. The van der Waals surface area contributed by atoms with Crippen molar-refractivity contribution >= 4 is 28.2 Å². The van der Waals surface area contributed by atoms with Gasteiger partial charge >= 0.3 is 5.97 Å². The number of carbonyl (C=O) groups excluding carboxylic acids is 2. The number of hydrogen-bond acceptors (Lipinski definition) is 5. The van der Waals surface area contributed by atoms with Crippen LogP contribution in [0.1, 0.15) is 34.1 Å². The number of nitrogens with one attached hydrogen (secondary N) is 2. The summed E-state index contributed by atoms with van der Waals surface area (Å²) in [6.45, 7) is 3.36. The minimum absolute atomic E-state index is 0.128. The van der Waals surface area contributed by atoms with Gasteiger partial charge in [-0.15, -0.1) is 11.3 Å². The molecular formula is C15H18N2O3S. The van der Waals surface area contributed by atoms with Crippen molar-refractivity contribution in [2.75, 3.05) is 25.5 Å². The maximum atomic E-state index is 12.3. The highest BCUT2D eigenvalue weighted by Crippen LogP contribution is 2.39. The van der Waals surface area contributed by atoms with Crippen molar-refractivity contribution in [2.24, 2.45) is 0 Å². The third-order valence-electron chi connectivity index (χ3n) is 4.09. The minimum Gasteiger partial charge on any atom is -0.465 e. The van der Waals surface area contributed by atoms with E-state index in [2.05, 4.69) is 10.6 Å². The molecule has 1 aromatic rings. The standard InChI is InChI=1S/C15H18N2O3S/c1-8(9-6-16-7-9)13(18)17-14-12(15(19)20-2)10-4-3-5-11(10)21-14/h16H,3-7H2,1-2H3,(H,17,18). The molecule has 1 aliphatic carbocycles. The first-order valence-electron chi connectivity index (χ1n) is 7.05. The van der Waals surface area contributed by atoms with E-state index in [4.69, 9.17) is 4.74 Å². The van der Waals surface area contributed by atoms with Crippen LogP contribution < -0.4 is 10.6 Å². The molecule has 0 unspecified atom stereocenters. The van der Waals surface area contributed by atoms with Crippen LogP contribution in [0.5, 0.6) is 0 Å². The molecule has 0 atom stereocenters. The lowest BCUT2D eigenvalue weighted by atomic mass is 10.0. The molecular weight excluding hydrogens is 288 g/mol. The average Bonchev–Trinajstić information content (AvgIpc) is 2.95. The van der Waals surface area contributed by atoms with Crippen LogP contribution in [0.2, 0.25) is 0 Å². The van der Waals surface area contributed by atoms with Gasteiger partial charge in [0.15, 0.2) is 0 Å². The number of ether oxygens (including phenoxy) is 1. The Kier molecular flexibility index (Phi) is 3.82. The monoisotopic (exact) mass is 306 g/mol. The van der Waals surface area contributed by atoms with E-state index in [1.165, 1.54) is 23.3 Å². The fourth-order valence-electron chi connectivity index (χ4n) is 2.68. The number of anilines is 1. The Morgan fingerprint density at radius 2 is 2.05 bits per heavy atom. The normalized spacial score (nSPS) is 16.2. The molecule has 2 aliphatic rings. The lowest BCUT2D eigenvalue weighted by Crippen LogP contribution is -2.36. The molecule has 0 saturated carbocycles. The Hall–Kier alpha value is -1.66. The molecule has 3 rings (SSSR count). The largest absolute Gasteiger partial charge is 0.465 e. The number of thiophene rings is 1. The van der Waals surface area contributed by atoms with Crippen LogP contribution in [0.3, 0.4) is 0 Å². The zero-order chi connectivity index (χ0) is 15.0. The van der Waals surface area contributed by atoms with Gasteiger partial charge in [-0.1, -0.05) is 0 Å². The summed E-state index contributed by atoms with van der Waals surface area (Å²) in [6.07, 6.45) is 2.92. The van der Waals surface area contributed by atoms with Gasteiger partial charge < -0.3 is 15.4 Å². The molecule has 6 heteroatoms. The number of esters is 1. The number of fused-ring (bicyclic) bond motifs is 1. The molecule has 2 heterocycles. The molecule has 0 spiro atoms. The van der Waals surface area contributed by atoms with E-state index in [0.717, 1.165) is 49.1 Å². The fourth-order valence-corrected chi connectivity index (χ4v) is 3.96. The second-order valence-corrected chi connectivity index (χ2v) is 6.44. The van der Waals surface area contributed by atoms with Gasteiger partial charge in [-0.2, -0.15) is 0 Å². The van der Waals surface area contributed by atoms with E-state index < -0.39 is 0 Å². The zero-order valence-electron chi connectivity index (χ0n) is 12.2. The molecule has 1 aliphatic heterocycles. The van der Waals surface area contributed by atoms with Crippen LogP contribution in [0.25, 0.3) is 0 Å². The van der Waals surface area contributed by atoms with Crippen molar-refractivity contribution in [3.63, 3.8) is 0 Å². The molecule has 1 amide bonds. The molecule has 1 aromatic heterocycles. The van der Waals surface area contributed by atoms with Crippen LogP contribution in [0, 0.1) is 0 Å². The predicted molar refractivity (Wildman–Crippen MR) is 81.9 cm³/mol. The van der Waals surface area contributed by atoms with Gasteiger partial charge in [-0.05, 0) is 37.3 Å². The first-order chi connectivity index (χ1) is 10.1. The Balaban J connectivity index is 1.89. The topological polar surface area (TPSA) is 67.4 Å². The van der Waals surface area contributed by atoms with E-state index in [0.29, 0.717) is 10.6 Å². The molecule has 112 valence electrons. The van der Waals surface area contributed by atoms with Gasteiger partial charge in [0.25, 0.3) is 5.91 Å². The summed E-state index contributed by atoms with van der Waals surface area (Å²) < 4.78 is 4.88. The highest BCUT2D eigenvalue weighted by Gasteiger charge is 2.28. The molecule has 5 nitrogen and oxygen atoms in total. The van der Waals surface area contributed by atoms with Gasteiger partial charge in [0.2, 0.25) is 0 Å². The van der Waals surface area contributed by atoms with Crippen molar-refractivity contribution in [3.05, 3.63) is 27.2 Å². The molecule has 0 radical (unpaired) electrons. The van der Waals surface area contributed by atoms with E-state index in [-0.39, 0.29) is 11.9 Å². The minimum atomic E-state index is -0.361. The van der Waals surface area contributed by atoms with Crippen LogP contribution in [-0.4, -0.2) is 32.1 Å². The Morgan fingerprint density at radius 3 is 2.67 bits per heavy atom. The van der Waals surface area contributed by atoms with E-state index in [9.17, 15) is 9.59 Å². The summed E-state index contributed by atoms with van der Waals surface area (Å²) in [5.74, 6) is -0.489. The Morgan fingerprint density at radius 1 is 1.29 bits per heavy atom. The van der Waals surface area contributed by atoms with Gasteiger partial charge in [0.1, 0.15) is 5.00 Å². The number of methoxy groups -OCH3 is 1. The third-order valence-corrected chi connectivity index (χ3v) is 5.29.